The molecule has 1 N–H and O–H groups in total. The summed E-state index contributed by atoms with van der Waals surface area (Å²) in [5, 5.41) is 4.52. The zero-order chi connectivity index (χ0) is 11.5. The Labute approximate surface area is 103 Å². The van der Waals surface area contributed by atoms with Crippen LogP contribution in [0.1, 0.15) is 13.3 Å². The zero-order valence-electron chi connectivity index (χ0n) is 9.21. The van der Waals surface area contributed by atoms with Gasteiger partial charge in [-0.2, -0.15) is 0 Å². The van der Waals surface area contributed by atoms with E-state index in [0.717, 1.165) is 27.5 Å². The van der Waals surface area contributed by atoms with E-state index in [4.69, 9.17) is 16.3 Å². The van der Waals surface area contributed by atoms with Gasteiger partial charge in [0.1, 0.15) is 11.3 Å². The van der Waals surface area contributed by atoms with Crippen molar-refractivity contribution in [1.29, 1.82) is 0 Å². The maximum atomic E-state index is 6.15. The Morgan fingerprint density at radius 2 is 2.31 bits per heavy atom. The van der Waals surface area contributed by atoms with Crippen molar-refractivity contribution >= 4 is 38.3 Å². The lowest BCUT2D eigenvalue weighted by Crippen LogP contribution is -1.94. The third kappa shape index (κ3) is 2.23. The lowest BCUT2D eigenvalue weighted by Gasteiger charge is -2.04. The molecule has 0 aliphatic rings. The first-order valence-corrected chi connectivity index (χ1v) is 6.34. The van der Waals surface area contributed by atoms with Gasteiger partial charge in [-0.15, -0.1) is 0 Å². The number of hydrogen-bond donors (Lipinski definition) is 1. The maximum Gasteiger partial charge on any atom is 0.183 e. The van der Waals surface area contributed by atoms with E-state index >= 15 is 0 Å². The first kappa shape index (κ1) is 11.5. The van der Waals surface area contributed by atoms with E-state index < -0.39 is 0 Å². The van der Waals surface area contributed by atoms with Gasteiger partial charge in [-0.3, -0.25) is 0 Å². The van der Waals surface area contributed by atoms with Crippen LogP contribution in [-0.2, 0) is 0 Å². The second-order valence-electron chi connectivity index (χ2n) is 3.37. The molecule has 0 radical (unpaired) electrons. The van der Waals surface area contributed by atoms with Crippen molar-refractivity contribution in [3.63, 3.8) is 0 Å². The lowest BCUT2D eigenvalue weighted by atomic mass is 10.3. The molecule has 0 saturated carbocycles. The van der Waals surface area contributed by atoms with Crippen LogP contribution in [0.3, 0.4) is 0 Å². The van der Waals surface area contributed by atoms with E-state index in [2.05, 4.69) is 17.2 Å². The van der Waals surface area contributed by atoms with Gasteiger partial charge in [0, 0.05) is 13.1 Å². The van der Waals surface area contributed by atoms with Gasteiger partial charge in [-0.05, 0) is 12.5 Å². The summed E-state index contributed by atoms with van der Waals surface area (Å²) in [6, 6.07) is 3.80. The van der Waals surface area contributed by atoms with Gasteiger partial charge >= 0.3 is 0 Å². The van der Waals surface area contributed by atoms with Gasteiger partial charge in [0.25, 0.3) is 0 Å². The van der Waals surface area contributed by atoms with E-state index in [1.807, 2.05) is 19.2 Å². The van der Waals surface area contributed by atoms with Gasteiger partial charge in [0.05, 0.1) is 16.3 Å². The first-order valence-electron chi connectivity index (χ1n) is 5.15. The van der Waals surface area contributed by atoms with Crippen LogP contribution in [0.4, 0.5) is 5.13 Å². The monoisotopic (exact) mass is 256 g/mol. The molecule has 16 heavy (non-hydrogen) atoms. The number of aromatic nitrogens is 1. The summed E-state index contributed by atoms with van der Waals surface area (Å²) in [5.74, 6) is 0.811. The smallest absolute Gasteiger partial charge is 0.183 e. The quantitative estimate of drug-likeness (QED) is 0.904. The fourth-order valence-corrected chi connectivity index (χ4v) is 2.56. The number of hydrogen-bond acceptors (Lipinski definition) is 4. The molecule has 0 atom stereocenters. The highest BCUT2D eigenvalue weighted by atomic mass is 35.5. The summed E-state index contributed by atoms with van der Waals surface area (Å²) in [6.07, 6.45) is 0.986. The zero-order valence-corrected chi connectivity index (χ0v) is 10.8. The number of ether oxygens (including phenoxy) is 1. The maximum absolute atomic E-state index is 6.15. The van der Waals surface area contributed by atoms with Crippen LogP contribution in [-0.4, -0.2) is 18.6 Å². The minimum atomic E-state index is 0.640. The number of halogens is 1. The third-order valence-corrected chi connectivity index (χ3v) is 3.42. The molecule has 3 nitrogen and oxygen atoms in total. The highest BCUT2D eigenvalue weighted by molar-refractivity contribution is 7.22. The van der Waals surface area contributed by atoms with Gasteiger partial charge in [0.15, 0.2) is 5.13 Å². The molecule has 1 aromatic heterocycles. The molecule has 0 aliphatic heterocycles. The molecule has 0 unspecified atom stereocenters. The molecule has 2 aromatic rings. The second-order valence-corrected chi connectivity index (χ2v) is 4.81. The fourth-order valence-electron chi connectivity index (χ4n) is 1.38. The molecule has 1 heterocycles. The van der Waals surface area contributed by atoms with Crippen molar-refractivity contribution in [2.45, 2.75) is 13.3 Å². The highest BCUT2D eigenvalue weighted by Crippen LogP contribution is 2.34. The predicted octanol–water partition coefficient (Wildman–Crippen LogP) is 3.78. The van der Waals surface area contributed by atoms with Crippen molar-refractivity contribution in [1.82, 2.24) is 4.98 Å². The van der Waals surface area contributed by atoms with Crippen LogP contribution in [0.2, 0.25) is 5.02 Å². The Hall–Kier alpha value is -1.00. The average molecular weight is 257 g/mol. The Kier molecular flexibility index (Phi) is 3.51. The molecule has 5 heteroatoms. The molecule has 0 amide bonds. The van der Waals surface area contributed by atoms with Gasteiger partial charge in [0.2, 0.25) is 0 Å². The normalized spacial score (nSPS) is 10.7. The topological polar surface area (TPSA) is 34.1 Å². The Morgan fingerprint density at radius 3 is 3.00 bits per heavy atom. The molecule has 0 saturated heterocycles. The molecule has 1 aromatic carbocycles. The summed E-state index contributed by atoms with van der Waals surface area (Å²) in [4.78, 5) is 4.37. The molecular formula is C11H13ClN2OS. The second kappa shape index (κ2) is 4.89. The Balaban J connectivity index is 2.40. The fraction of sp³-hybridized carbons (Fsp3) is 0.364. The third-order valence-electron chi connectivity index (χ3n) is 2.11. The minimum Gasteiger partial charge on any atom is -0.494 e. The van der Waals surface area contributed by atoms with Crippen molar-refractivity contribution in [3.05, 3.63) is 17.2 Å². The van der Waals surface area contributed by atoms with Crippen LogP contribution < -0.4 is 10.1 Å². The Bertz CT molecular complexity index is 498. The molecule has 0 aliphatic carbocycles. The van der Waals surface area contributed by atoms with E-state index in [1.165, 1.54) is 0 Å². The molecule has 2 rings (SSSR count). The lowest BCUT2D eigenvalue weighted by molar-refractivity contribution is 0.318. The molecule has 0 spiro atoms. The predicted molar refractivity (Wildman–Crippen MR) is 70.0 cm³/mol. The van der Waals surface area contributed by atoms with Crippen molar-refractivity contribution in [3.8, 4) is 5.75 Å². The summed E-state index contributed by atoms with van der Waals surface area (Å²) in [7, 11) is 1.85. The number of rotatable bonds is 4. The van der Waals surface area contributed by atoms with E-state index in [-0.39, 0.29) is 0 Å². The highest BCUT2D eigenvalue weighted by Gasteiger charge is 2.08. The molecule has 86 valence electrons. The van der Waals surface area contributed by atoms with Crippen LogP contribution >= 0.6 is 22.9 Å². The van der Waals surface area contributed by atoms with Gasteiger partial charge in [-0.25, -0.2) is 4.98 Å². The Morgan fingerprint density at radius 1 is 1.50 bits per heavy atom. The van der Waals surface area contributed by atoms with Crippen LogP contribution in [0.5, 0.6) is 5.75 Å². The number of nitrogens with zero attached hydrogens (tertiary/aromatic N) is 1. The van der Waals surface area contributed by atoms with Crippen LogP contribution in [0, 0.1) is 0 Å². The van der Waals surface area contributed by atoms with Crippen molar-refractivity contribution in [2.75, 3.05) is 19.0 Å². The van der Waals surface area contributed by atoms with E-state index in [0.29, 0.717) is 11.6 Å². The van der Waals surface area contributed by atoms with Crippen molar-refractivity contribution < 1.29 is 4.74 Å². The number of fused-ring (bicyclic) bond motifs is 1. The van der Waals surface area contributed by atoms with E-state index in [1.54, 1.807) is 11.3 Å². The number of benzene rings is 1. The molecule has 0 bridgehead atoms. The molecule has 0 fully saturated rings. The summed E-state index contributed by atoms with van der Waals surface area (Å²) >= 11 is 7.72. The molecular weight excluding hydrogens is 244 g/mol. The number of nitrogens with one attached hydrogen (secondary N) is 1. The summed E-state index contributed by atoms with van der Waals surface area (Å²) in [5.41, 5.74) is 0.833. The first-order chi connectivity index (χ1) is 7.74. The van der Waals surface area contributed by atoms with Crippen LogP contribution in [0.15, 0.2) is 12.1 Å². The van der Waals surface area contributed by atoms with Gasteiger partial charge in [-0.1, -0.05) is 29.9 Å². The standard InChI is InChI=1S/C11H13ClN2OS/c1-3-4-15-7-5-8(12)10-9(6-7)16-11(13-2)14-10/h5-6H,3-4H2,1-2H3,(H,13,14). The summed E-state index contributed by atoms with van der Waals surface area (Å²) < 4.78 is 6.61. The average Bonchev–Trinajstić information content (AvgIpc) is 2.70. The largest absolute Gasteiger partial charge is 0.494 e. The van der Waals surface area contributed by atoms with E-state index in [9.17, 15) is 0 Å². The summed E-state index contributed by atoms with van der Waals surface area (Å²) in [6.45, 7) is 2.78. The minimum absolute atomic E-state index is 0.640. The van der Waals surface area contributed by atoms with Crippen molar-refractivity contribution in [2.24, 2.45) is 0 Å². The van der Waals surface area contributed by atoms with Crippen LogP contribution in [0.25, 0.3) is 10.2 Å². The SMILES string of the molecule is CCCOc1cc(Cl)c2nc(NC)sc2c1. The van der Waals surface area contributed by atoms with Gasteiger partial charge < -0.3 is 10.1 Å². The number of thiazole rings is 1. The number of anilines is 1.